The summed E-state index contributed by atoms with van der Waals surface area (Å²) >= 11 is 0. The number of benzene rings is 5. The van der Waals surface area contributed by atoms with Crippen LogP contribution in [0.1, 0.15) is 55.6 Å². The number of hydrogen-bond acceptors (Lipinski definition) is 1. The van der Waals surface area contributed by atoms with E-state index in [9.17, 15) is 105 Å². The first kappa shape index (κ1) is 56.0. The molecule has 0 aliphatic carbocycles. The van der Waals surface area contributed by atoms with Gasteiger partial charge in [-0.05, 0) is 24.3 Å². The van der Waals surface area contributed by atoms with Crippen molar-refractivity contribution in [1.29, 1.82) is 5.26 Å². The third kappa shape index (κ3) is 13.0. The number of aromatic nitrogens is 1. The average Bonchev–Trinajstić information content (AvgIpc) is 3.25. The summed E-state index contributed by atoms with van der Waals surface area (Å²) < 4.78 is 343. The summed E-state index contributed by atoms with van der Waals surface area (Å²) in [5, 5.41) is 8.66. The Morgan fingerprint density at radius 3 is 0.750 bits per heavy atom. The molecule has 0 amide bonds. The molecule has 6 aromatic rings. The highest BCUT2D eigenvalue weighted by Crippen LogP contribution is 2.41. The number of alkyl halides is 24. The smallest absolute Gasteiger partial charge is 0.201 e. The molecule has 0 spiro atoms. The van der Waals surface area contributed by atoms with E-state index in [1.165, 1.54) is 5.56 Å². The first-order valence-electron chi connectivity index (χ1n) is 19.4. The maximum atomic E-state index is 14.2. The normalized spacial score (nSPS) is 13.3. The number of rotatable bonds is 6. The zero-order valence-electron chi connectivity index (χ0n) is 34.9. The van der Waals surface area contributed by atoms with Crippen molar-refractivity contribution in [2.45, 2.75) is 56.0 Å². The first-order valence-corrected chi connectivity index (χ1v) is 19.4. The molecule has 0 aliphatic heterocycles. The Balaban J connectivity index is 0.000000542. The highest BCUT2D eigenvalue weighted by molar-refractivity contribution is 7.20. The van der Waals surface area contributed by atoms with Crippen LogP contribution in [0.3, 0.4) is 0 Å². The SMILES string of the molecule is FC(F)(F)c1cc([B-](c2cc(C(F)(F)F)cc(C(F)(F)F)c2)(c2cc(C(F)(F)F)cc(C(F)(F)F)c2)c2cc(C(F)(F)F)cc(C(F)(F)F)c2)cc(C(F)(F)F)c1.N#Cc1cc[n+](Cc2ccccc2)cc1. The van der Waals surface area contributed by atoms with Crippen LogP contribution in [0.25, 0.3) is 0 Å². The van der Waals surface area contributed by atoms with Gasteiger partial charge in [0.15, 0.2) is 18.9 Å². The van der Waals surface area contributed by atoms with Crippen molar-refractivity contribution >= 4 is 28.0 Å². The van der Waals surface area contributed by atoms with Crippen LogP contribution in [-0.4, -0.2) is 6.15 Å². The minimum absolute atomic E-state index is 0.691. The van der Waals surface area contributed by atoms with Gasteiger partial charge in [0.2, 0.25) is 0 Å². The van der Waals surface area contributed by atoms with Crippen LogP contribution in [0.2, 0.25) is 0 Å². The van der Waals surface area contributed by atoms with Gasteiger partial charge in [-0.1, -0.05) is 78.9 Å². The lowest BCUT2D eigenvalue weighted by Crippen LogP contribution is -2.75. The van der Waals surface area contributed by atoms with Crippen LogP contribution in [0.15, 0.2) is 128 Å². The van der Waals surface area contributed by atoms with Gasteiger partial charge in [0.25, 0.3) is 0 Å². The van der Waals surface area contributed by atoms with E-state index in [0.717, 1.165) is 6.54 Å². The highest BCUT2D eigenvalue weighted by atomic mass is 19.4. The molecule has 27 heteroatoms. The molecule has 0 N–H and O–H groups in total. The minimum atomic E-state index is -6.13. The van der Waals surface area contributed by atoms with Crippen molar-refractivity contribution in [3.05, 3.63) is 183 Å². The number of nitrogens with zero attached hydrogens (tertiary/aromatic N) is 2. The van der Waals surface area contributed by atoms with Crippen LogP contribution in [0.4, 0.5) is 105 Å². The zero-order valence-corrected chi connectivity index (χ0v) is 34.9. The zero-order chi connectivity index (χ0) is 54.4. The Kier molecular flexibility index (Phi) is 15.0. The number of halogens is 24. The second-order valence-corrected chi connectivity index (χ2v) is 15.6. The molecule has 1 heterocycles. The van der Waals surface area contributed by atoms with Gasteiger partial charge in [-0.3, -0.25) is 0 Å². The van der Waals surface area contributed by atoms with Gasteiger partial charge in [-0.2, -0.15) is 132 Å². The Morgan fingerprint density at radius 2 is 0.556 bits per heavy atom. The van der Waals surface area contributed by atoms with Crippen molar-refractivity contribution in [2.24, 2.45) is 0 Å². The van der Waals surface area contributed by atoms with Crippen LogP contribution >= 0.6 is 0 Å². The topological polar surface area (TPSA) is 27.7 Å². The summed E-state index contributed by atoms with van der Waals surface area (Å²) in [7, 11) is 0. The lowest BCUT2D eigenvalue weighted by atomic mass is 9.12. The van der Waals surface area contributed by atoms with Crippen LogP contribution in [0.5, 0.6) is 0 Å². The number of nitriles is 1. The van der Waals surface area contributed by atoms with Gasteiger partial charge < -0.3 is 0 Å². The van der Waals surface area contributed by atoms with E-state index in [-0.39, 0.29) is 0 Å². The maximum Gasteiger partial charge on any atom is 0.416 e. The second-order valence-electron chi connectivity index (χ2n) is 15.6. The fraction of sp³-hybridized carbons (Fsp3) is 0.200. The summed E-state index contributed by atoms with van der Waals surface area (Å²) in [5.74, 6) is 0. The van der Waals surface area contributed by atoms with Gasteiger partial charge >= 0.3 is 49.4 Å². The third-order valence-corrected chi connectivity index (χ3v) is 10.7. The fourth-order valence-electron chi connectivity index (χ4n) is 7.50. The predicted molar refractivity (Wildman–Crippen MR) is 207 cm³/mol. The quantitative estimate of drug-likeness (QED) is 0.0928. The van der Waals surface area contributed by atoms with E-state index in [1.807, 2.05) is 42.7 Å². The molecule has 384 valence electrons. The van der Waals surface area contributed by atoms with Crippen molar-refractivity contribution in [1.82, 2.24) is 0 Å². The summed E-state index contributed by atoms with van der Waals surface area (Å²) in [4.78, 5) is 0. The molecule has 5 aromatic carbocycles. The van der Waals surface area contributed by atoms with Gasteiger partial charge in [-0.25, -0.2) is 4.57 Å². The molecule has 0 bridgehead atoms. The largest absolute Gasteiger partial charge is 0.416 e. The van der Waals surface area contributed by atoms with E-state index in [2.05, 4.69) is 22.8 Å². The van der Waals surface area contributed by atoms with Crippen molar-refractivity contribution < 1.29 is 110 Å². The van der Waals surface area contributed by atoms with Gasteiger partial charge in [0.1, 0.15) is 6.15 Å². The van der Waals surface area contributed by atoms with E-state index in [1.54, 1.807) is 0 Å². The van der Waals surface area contributed by atoms with Crippen molar-refractivity contribution in [3.8, 4) is 6.07 Å². The van der Waals surface area contributed by atoms with E-state index < -0.39 is 195 Å². The Hall–Kier alpha value is -6.88. The van der Waals surface area contributed by atoms with E-state index in [4.69, 9.17) is 5.26 Å². The maximum absolute atomic E-state index is 14.2. The number of pyridine rings is 1. The summed E-state index contributed by atoms with van der Waals surface area (Å²) in [6, 6.07) is 7.18. The molecular weight excluding hydrogens is 1040 g/mol. The predicted octanol–water partition coefficient (Wildman–Crippen LogP) is 13.1. The first-order chi connectivity index (χ1) is 32.6. The van der Waals surface area contributed by atoms with Gasteiger partial charge in [0.05, 0.1) is 56.1 Å². The summed E-state index contributed by atoms with van der Waals surface area (Å²) in [6.45, 7) is 0.840. The molecule has 72 heavy (non-hydrogen) atoms. The van der Waals surface area contributed by atoms with E-state index in [0.29, 0.717) is 5.56 Å². The minimum Gasteiger partial charge on any atom is -0.201 e. The van der Waals surface area contributed by atoms with Gasteiger partial charge in [-0.15, -0.1) is 0 Å². The molecule has 0 unspecified atom stereocenters. The van der Waals surface area contributed by atoms with Crippen molar-refractivity contribution in [2.75, 3.05) is 0 Å². The molecule has 1 aromatic heterocycles. The average molecular weight is 1060 g/mol. The molecule has 6 rings (SSSR count). The third-order valence-electron chi connectivity index (χ3n) is 10.7. The molecular formula is C45H23BF24N2. The highest BCUT2D eigenvalue weighted by Gasteiger charge is 2.47. The van der Waals surface area contributed by atoms with Gasteiger partial charge in [0, 0.05) is 17.7 Å². The lowest BCUT2D eigenvalue weighted by Gasteiger charge is -2.46. The Bertz CT molecular complexity index is 2490. The molecule has 0 aliphatic rings. The standard InChI is InChI=1S/C32H12BF24.C13H11N2/c34-25(35,36)13-1-14(26(37,38)39)6-21(5-13)33(22-7-15(27(40,41)42)2-16(8-22)28(43,44)45,23-9-17(29(46,47)48)3-18(10-23)30(49,50)51)24-11-19(31(52,53)54)4-20(12-24)32(55,56)57;14-10-12-6-8-15(9-7-12)11-13-4-2-1-3-5-13/h1-12H;1-9H,11H2/q-1;+1. The fourth-order valence-corrected chi connectivity index (χ4v) is 7.50. The molecule has 0 saturated carbocycles. The van der Waals surface area contributed by atoms with Crippen molar-refractivity contribution in [3.63, 3.8) is 0 Å². The summed E-state index contributed by atoms with van der Waals surface area (Å²) in [6.07, 6.45) is -51.0. The van der Waals surface area contributed by atoms with E-state index >= 15 is 0 Å². The molecule has 0 saturated heterocycles. The van der Waals surface area contributed by atoms with Crippen LogP contribution < -0.4 is 26.4 Å². The summed E-state index contributed by atoms with van der Waals surface area (Å²) in [5.41, 5.74) is -28.3. The molecule has 0 atom stereocenters. The Labute approximate surface area is 388 Å². The Morgan fingerprint density at radius 1 is 0.333 bits per heavy atom. The van der Waals surface area contributed by atoms with Crippen LogP contribution in [-0.2, 0) is 56.0 Å². The monoisotopic (exact) mass is 1060 g/mol. The molecule has 2 nitrogen and oxygen atoms in total. The number of hydrogen-bond donors (Lipinski definition) is 0. The van der Waals surface area contributed by atoms with Crippen LogP contribution in [0, 0.1) is 11.3 Å². The molecule has 0 fully saturated rings. The molecule has 0 radical (unpaired) electrons. The lowest BCUT2D eigenvalue weighted by molar-refractivity contribution is -0.688. The second kappa shape index (κ2) is 19.3.